The quantitative estimate of drug-likeness (QED) is 0.785. The molecule has 2 heterocycles. The molecule has 0 aromatic carbocycles. The van der Waals surface area contributed by atoms with Crippen molar-refractivity contribution in [1.82, 2.24) is 10.3 Å². The molecule has 6 heteroatoms. The molecular formula is C13H19N3O3. The van der Waals surface area contributed by atoms with E-state index in [0.717, 1.165) is 18.8 Å². The van der Waals surface area contributed by atoms with Gasteiger partial charge in [-0.25, -0.2) is 4.98 Å². The van der Waals surface area contributed by atoms with Crippen LogP contribution in [0.2, 0.25) is 0 Å². The lowest BCUT2D eigenvalue weighted by Gasteiger charge is -2.39. The Hall–Kier alpha value is -1.66. The summed E-state index contributed by atoms with van der Waals surface area (Å²) < 4.78 is 5.21. The average molecular weight is 265 g/mol. The smallest absolute Gasteiger partial charge is 0.270 e. The van der Waals surface area contributed by atoms with Crippen LogP contribution >= 0.6 is 0 Å². The molecular weight excluding hydrogens is 246 g/mol. The van der Waals surface area contributed by atoms with E-state index in [0.29, 0.717) is 5.69 Å². The summed E-state index contributed by atoms with van der Waals surface area (Å²) in [4.78, 5) is 18.0. The third-order valence-electron chi connectivity index (χ3n) is 3.18. The summed E-state index contributed by atoms with van der Waals surface area (Å²) in [5, 5.41) is 11.5. The van der Waals surface area contributed by atoms with Gasteiger partial charge >= 0.3 is 0 Å². The van der Waals surface area contributed by atoms with Gasteiger partial charge in [-0.15, -0.1) is 0 Å². The fraction of sp³-hybridized carbons (Fsp3) is 0.538. The molecule has 0 spiro atoms. The topological polar surface area (TPSA) is 74.7 Å². The fourth-order valence-corrected chi connectivity index (χ4v) is 1.85. The highest BCUT2D eigenvalue weighted by molar-refractivity contribution is 5.92. The second-order valence-corrected chi connectivity index (χ2v) is 4.72. The van der Waals surface area contributed by atoms with E-state index in [1.54, 1.807) is 26.3 Å². The molecule has 104 valence electrons. The van der Waals surface area contributed by atoms with Crippen molar-refractivity contribution in [2.45, 2.75) is 19.1 Å². The maximum absolute atomic E-state index is 11.8. The summed E-state index contributed by atoms with van der Waals surface area (Å²) in [6.07, 6.45) is 1.97. The first-order chi connectivity index (χ1) is 9.13. The van der Waals surface area contributed by atoms with Crippen LogP contribution in [0.25, 0.3) is 0 Å². The number of methoxy groups -OCH3 is 1. The van der Waals surface area contributed by atoms with E-state index in [2.05, 4.69) is 15.2 Å². The molecule has 1 aliphatic rings. The molecule has 1 aromatic heterocycles. The summed E-state index contributed by atoms with van der Waals surface area (Å²) in [6.45, 7) is 3.35. The number of aliphatic hydroxyl groups excluding tert-OH is 1. The molecule has 0 unspecified atom stereocenters. The zero-order valence-electron chi connectivity index (χ0n) is 11.2. The summed E-state index contributed by atoms with van der Waals surface area (Å²) in [7, 11) is 1.70. The Morgan fingerprint density at radius 2 is 2.37 bits per heavy atom. The maximum Gasteiger partial charge on any atom is 0.270 e. The SMILES string of the molecule is COC1CN(c2ccc(C(=O)N[C@@H](C)CO)nc2)C1. The molecule has 1 atom stereocenters. The fourth-order valence-electron chi connectivity index (χ4n) is 1.85. The van der Waals surface area contributed by atoms with Crippen LogP contribution in [0.5, 0.6) is 0 Å². The number of nitrogens with one attached hydrogen (secondary N) is 1. The lowest BCUT2D eigenvalue weighted by Crippen LogP contribution is -2.51. The summed E-state index contributed by atoms with van der Waals surface area (Å²) in [5.41, 5.74) is 1.34. The number of pyridine rings is 1. The van der Waals surface area contributed by atoms with Gasteiger partial charge in [0, 0.05) is 26.2 Å². The van der Waals surface area contributed by atoms with Gasteiger partial charge in [-0.3, -0.25) is 4.79 Å². The van der Waals surface area contributed by atoms with Gasteiger partial charge in [0.2, 0.25) is 0 Å². The zero-order chi connectivity index (χ0) is 13.8. The van der Waals surface area contributed by atoms with E-state index in [4.69, 9.17) is 9.84 Å². The summed E-state index contributed by atoms with van der Waals surface area (Å²) in [6, 6.07) is 3.29. The monoisotopic (exact) mass is 265 g/mol. The number of carbonyl (C=O) groups excluding carboxylic acids is 1. The van der Waals surface area contributed by atoms with Crippen molar-refractivity contribution < 1.29 is 14.6 Å². The number of nitrogens with zero attached hydrogens (tertiary/aromatic N) is 2. The Balaban J connectivity index is 1.93. The third kappa shape index (κ3) is 3.21. The molecule has 1 aromatic rings. The third-order valence-corrected chi connectivity index (χ3v) is 3.18. The lowest BCUT2D eigenvalue weighted by atomic mass is 10.1. The molecule has 6 nitrogen and oxygen atoms in total. The van der Waals surface area contributed by atoms with Crippen LogP contribution in [0, 0.1) is 0 Å². The first-order valence-electron chi connectivity index (χ1n) is 6.29. The molecule has 0 bridgehead atoms. The standard InChI is InChI=1S/C13H19N3O3/c1-9(8-17)15-13(18)12-4-3-10(5-14-12)16-6-11(7-16)19-2/h3-5,9,11,17H,6-8H2,1-2H3,(H,15,18)/t9-/m0/s1. The van der Waals surface area contributed by atoms with Gasteiger partial charge < -0.3 is 20.1 Å². The minimum atomic E-state index is -0.272. The highest BCUT2D eigenvalue weighted by Gasteiger charge is 2.26. The molecule has 0 aliphatic carbocycles. The van der Waals surface area contributed by atoms with Crippen molar-refractivity contribution in [2.75, 3.05) is 31.7 Å². The number of anilines is 1. The normalized spacial score (nSPS) is 16.9. The largest absolute Gasteiger partial charge is 0.394 e. The Bertz CT molecular complexity index is 429. The Kier molecular flexibility index (Phi) is 4.34. The summed E-state index contributed by atoms with van der Waals surface area (Å²) in [5.74, 6) is -0.272. The summed E-state index contributed by atoms with van der Waals surface area (Å²) >= 11 is 0. The number of rotatable bonds is 5. The van der Waals surface area contributed by atoms with Crippen LogP contribution in [0.15, 0.2) is 18.3 Å². The Labute approximate surface area is 112 Å². The zero-order valence-corrected chi connectivity index (χ0v) is 11.2. The lowest BCUT2D eigenvalue weighted by molar-refractivity contribution is 0.0787. The van der Waals surface area contributed by atoms with Gasteiger partial charge in [0.1, 0.15) is 5.69 Å². The molecule has 0 radical (unpaired) electrons. The first kappa shape index (κ1) is 13.8. The molecule has 19 heavy (non-hydrogen) atoms. The second kappa shape index (κ2) is 5.99. The molecule has 1 fully saturated rings. The van der Waals surface area contributed by atoms with Crippen LogP contribution in [0.4, 0.5) is 5.69 Å². The highest BCUT2D eigenvalue weighted by atomic mass is 16.5. The van der Waals surface area contributed by atoms with Gasteiger partial charge in [-0.1, -0.05) is 0 Å². The van der Waals surface area contributed by atoms with Crippen LogP contribution in [0.1, 0.15) is 17.4 Å². The Morgan fingerprint density at radius 3 is 2.89 bits per heavy atom. The van der Waals surface area contributed by atoms with Crippen LogP contribution in [-0.2, 0) is 4.74 Å². The van der Waals surface area contributed by atoms with Crippen LogP contribution < -0.4 is 10.2 Å². The maximum atomic E-state index is 11.8. The number of carbonyl (C=O) groups is 1. The van der Waals surface area contributed by atoms with E-state index in [1.807, 2.05) is 6.07 Å². The van der Waals surface area contributed by atoms with Crippen molar-refractivity contribution in [2.24, 2.45) is 0 Å². The molecule has 0 saturated carbocycles. The van der Waals surface area contributed by atoms with Crippen LogP contribution in [0.3, 0.4) is 0 Å². The molecule has 2 rings (SSSR count). The molecule has 1 amide bonds. The number of aliphatic hydroxyl groups is 1. The van der Waals surface area contributed by atoms with Gasteiger partial charge in [-0.05, 0) is 19.1 Å². The molecule has 2 N–H and O–H groups in total. The van der Waals surface area contributed by atoms with E-state index in [9.17, 15) is 4.79 Å². The molecule has 1 aliphatic heterocycles. The van der Waals surface area contributed by atoms with Crippen molar-refractivity contribution >= 4 is 11.6 Å². The number of aromatic nitrogens is 1. The number of ether oxygens (including phenoxy) is 1. The first-order valence-corrected chi connectivity index (χ1v) is 6.29. The van der Waals surface area contributed by atoms with E-state index < -0.39 is 0 Å². The van der Waals surface area contributed by atoms with Gasteiger partial charge in [0.15, 0.2) is 0 Å². The minimum Gasteiger partial charge on any atom is -0.394 e. The Morgan fingerprint density at radius 1 is 1.63 bits per heavy atom. The van der Waals surface area contributed by atoms with Crippen molar-refractivity contribution in [3.8, 4) is 0 Å². The average Bonchev–Trinajstić information content (AvgIpc) is 2.38. The number of hydrogen-bond donors (Lipinski definition) is 2. The second-order valence-electron chi connectivity index (χ2n) is 4.72. The highest BCUT2D eigenvalue weighted by Crippen LogP contribution is 2.21. The van der Waals surface area contributed by atoms with E-state index in [1.165, 1.54) is 0 Å². The predicted octanol–water partition coefficient (Wildman–Crippen LogP) is 0.0272. The molecule has 1 saturated heterocycles. The predicted molar refractivity (Wildman–Crippen MR) is 71.3 cm³/mol. The van der Waals surface area contributed by atoms with Gasteiger partial charge in [0.05, 0.1) is 24.6 Å². The minimum absolute atomic E-state index is 0.0873. The number of hydrogen-bond acceptors (Lipinski definition) is 5. The number of amides is 1. The van der Waals surface area contributed by atoms with Crippen molar-refractivity contribution in [3.63, 3.8) is 0 Å². The van der Waals surface area contributed by atoms with Crippen molar-refractivity contribution in [3.05, 3.63) is 24.0 Å². The van der Waals surface area contributed by atoms with Crippen LogP contribution in [-0.4, -0.2) is 54.9 Å². The van der Waals surface area contributed by atoms with Gasteiger partial charge in [0.25, 0.3) is 5.91 Å². The van der Waals surface area contributed by atoms with Crippen molar-refractivity contribution in [1.29, 1.82) is 0 Å². The van der Waals surface area contributed by atoms with E-state index in [-0.39, 0.29) is 24.7 Å². The van der Waals surface area contributed by atoms with Gasteiger partial charge in [-0.2, -0.15) is 0 Å². The van der Waals surface area contributed by atoms with E-state index >= 15 is 0 Å².